The van der Waals surface area contributed by atoms with Crippen molar-refractivity contribution >= 4 is 10.9 Å². The summed E-state index contributed by atoms with van der Waals surface area (Å²) >= 11 is 0. The molecular weight excluding hydrogens is 224 g/mol. The number of para-hydroxylation sites is 1. The van der Waals surface area contributed by atoms with Crippen LogP contribution in [-0.4, -0.2) is 22.7 Å². The van der Waals surface area contributed by atoms with Crippen LogP contribution in [0.2, 0.25) is 0 Å². The number of rotatable bonds is 5. The number of hydrogen-bond donors (Lipinski definition) is 2. The van der Waals surface area contributed by atoms with Gasteiger partial charge in [0, 0.05) is 17.6 Å². The van der Waals surface area contributed by atoms with Gasteiger partial charge in [0.25, 0.3) is 0 Å². The van der Waals surface area contributed by atoms with E-state index in [0.29, 0.717) is 6.04 Å². The number of benzene rings is 1. The fraction of sp³-hybridized carbons (Fsp3) is 0.400. The molecule has 3 nitrogen and oxygen atoms in total. The molecule has 2 rings (SSSR count). The number of fused-ring (bicyclic) bond motifs is 1. The number of aliphatic hydroxyl groups excluding tert-OH is 1. The fourth-order valence-electron chi connectivity index (χ4n) is 2.11. The van der Waals surface area contributed by atoms with Crippen molar-refractivity contribution in [2.75, 3.05) is 6.61 Å². The van der Waals surface area contributed by atoms with E-state index in [4.69, 9.17) is 0 Å². The first-order valence-electron chi connectivity index (χ1n) is 6.46. The quantitative estimate of drug-likeness (QED) is 0.850. The summed E-state index contributed by atoms with van der Waals surface area (Å²) in [5, 5.41) is 14.1. The van der Waals surface area contributed by atoms with E-state index >= 15 is 0 Å². The number of nitrogens with zero attached hydrogens (tertiary/aromatic N) is 1. The minimum Gasteiger partial charge on any atom is -0.394 e. The monoisotopic (exact) mass is 244 g/mol. The average molecular weight is 244 g/mol. The summed E-state index contributed by atoms with van der Waals surface area (Å²) in [5.41, 5.74) is 2.03. The average Bonchev–Trinajstić information content (AvgIpc) is 2.44. The first kappa shape index (κ1) is 13.0. The Labute approximate surface area is 108 Å². The van der Waals surface area contributed by atoms with Crippen LogP contribution in [0.5, 0.6) is 0 Å². The molecule has 1 aromatic carbocycles. The van der Waals surface area contributed by atoms with Crippen molar-refractivity contribution in [1.29, 1.82) is 0 Å². The van der Waals surface area contributed by atoms with Gasteiger partial charge in [0.2, 0.25) is 0 Å². The van der Waals surface area contributed by atoms with Gasteiger partial charge in [0.05, 0.1) is 18.2 Å². The first-order valence-corrected chi connectivity index (χ1v) is 6.46. The zero-order valence-corrected chi connectivity index (χ0v) is 10.9. The molecule has 0 radical (unpaired) electrons. The molecule has 2 aromatic rings. The Kier molecular flexibility index (Phi) is 4.28. The second kappa shape index (κ2) is 5.94. The third-order valence-electron chi connectivity index (χ3n) is 3.32. The lowest BCUT2D eigenvalue weighted by molar-refractivity contribution is 0.235. The van der Waals surface area contributed by atoms with Crippen LogP contribution in [0.4, 0.5) is 0 Å². The van der Waals surface area contributed by atoms with Crippen molar-refractivity contribution < 1.29 is 5.11 Å². The van der Waals surface area contributed by atoms with Gasteiger partial charge in [-0.05, 0) is 25.0 Å². The van der Waals surface area contributed by atoms with Gasteiger partial charge in [-0.3, -0.25) is 4.98 Å². The first-order chi connectivity index (χ1) is 8.76. The molecule has 96 valence electrons. The topological polar surface area (TPSA) is 45.1 Å². The molecule has 0 saturated heterocycles. The zero-order chi connectivity index (χ0) is 13.0. The van der Waals surface area contributed by atoms with Crippen LogP contribution in [0.15, 0.2) is 36.5 Å². The Morgan fingerprint density at radius 1 is 1.28 bits per heavy atom. The summed E-state index contributed by atoms with van der Waals surface area (Å²) < 4.78 is 0. The predicted molar refractivity (Wildman–Crippen MR) is 74.5 cm³/mol. The van der Waals surface area contributed by atoms with Crippen LogP contribution in [0.25, 0.3) is 10.9 Å². The molecule has 3 heteroatoms. The lowest BCUT2D eigenvalue weighted by Crippen LogP contribution is -2.32. The van der Waals surface area contributed by atoms with E-state index in [9.17, 15) is 5.11 Å². The zero-order valence-electron chi connectivity index (χ0n) is 10.9. The SMILES string of the molecule is CCC(C)NC(CO)c1cccc2cccnc12. The Morgan fingerprint density at radius 2 is 2.06 bits per heavy atom. The number of nitrogens with one attached hydrogen (secondary N) is 1. The van der Waals surface area contributed by atoms with Gasteiger partial charge in [-0.15, -0.1) is 0 Å². The highest BCUT2D eigenvalue weighted by atomic mass is 16.3. The van der Waals surface area contributed by atoms with Gasteiger partial charge >= 0.3 is 0 Å². The van der Waals surface area contributed by atoms with Gasteiger partial charge in [-0.25, -0.2) is 0 Å². The summed E-state index contributed by atoms with van der Waals surface area (Å²) in [6.07, 6.45) is 2.83. The maximum absolute atomic E-state index is 9.59. The van der Waals surface area contributed by atoms with Crippen molar-refractivity contribution in [2.24, 2.45) is 0 Å². The minimum atomic E-state index is -0.0569. The fourth-order valence-corrected chi connectivity index (χ4v) is 2.11. The molecule has 0 fully saturated rings. The summed E-state index contributed by atoms with van der Waals surface area (Å²) in [6.45, 7) is 4.34. The molecule has 0 saturated carbocycles. The van der Waals surface area contributed by atoms with Crippen LogP contribution >= 0.6 is 0 Å². The van der Waals surface area contributed by atoms with Crippen LogP contribution < -0.4 is 5.32 Å². The van der Waals surface area contributed by atoms with Crippen LogP contribution in [0, 0.1) is 0 Å². The molecule has 0 spiro atoms. The van der Waals surface area contributed by atoms with Crippen molar-refractivity contribution in [3.8, 4) is 0 Å². The molecular formula is C15H20N2O. The molecule has 2 unspecified atom stereocenters. The van der Waals surface area contributed by atoms with Crippen molar-refractivity contribution in [3.05, 3.63) is 42.1 Å². The lowest BCUT2D eigenvalue weighted by atomic mass is 10.0. The van der Waals surface area contributed by atoms with Gasteiger partial charge < -0.3 is 10.4 Å². The summed E-state index contributed by atoms with van der Waals surface area (Å²) in [4.78, 5) is 4.43. The standard InChI is InChI=1S/C15H20N2O/c1-3-11(2)17-14(10-18)13-8-4-6-12-7-5-9-16-15(12)13/h4-9,11,14,17-18H,3,10H2,1-2H3. The van der Waals surface area contributed by atoms with Crippen molar-refractivity contribution in [2.45, 2.75) is 32.4 Å². The number of pyridine rings is 1. The third kappa shape index (κ3) is 2.68. The second-order valence-electron chi connectivity index (χ2n) is 4.63. The maximum atomic E-state index is 9.59. The molecule has 1 aromatic heterocycles. The molecule has 0 amide bonds. The van der Waals surface area contributed by atoms with Gasteiger partial charge in [0.1, 0.15) is 0 Å². The van der Waals surface area contributed by atoms with Crippen LogP contribution in [0.1, 0.15) is 31.9 Å². The number of hydrogen-bond acceptors (Lipinski definition) is 3. The van der Waals surface area contributed by atoms with E-state index in [2.05, 4.69) is 24.1 Å². The van der Waals surface area contributed by atoms with Gasteiger partial charge in [-0.1, -0.05) is 31.2 Å². The molecule has 1 heterocycles. The molecule has 2 N–H and O–H groups in total. The maximum Gasteiger partial charge on any atom is 0.0750 e. The smallest absolute Gasteiger partial charge is 0.0750 e. The van der Waals surface area contributed by atoms with Crippen LogP contribution in [0.3, 0.4) is 0 Å². The van der Waals surface area contributed by atoms with Crippen molar-refractivity contribution in [1.82, 2.24) is 10.3 Å². The van der Waals surface area contributed by atoms with E-state index in [1.807, 2.05) is 30.3 Å². The molecule has 0 aliphatic carbocycles. The molecule has 2 atom stereocenters. The largest absolute Gasteiger partial charge is 0.394 e. The molecule has 0 bridgehead atoms. The van der Waals surface area contributed by atoms with E-state index < -0.39 is 0 Å². The lowest BCUT2D eigenvalue weighted by Gasteiger charge is -2.22. The highest BCUT2D eigenvalue weighted by Gasteiger charge is 2.15. The van der Waals surface area contributed by atoms with Gasteiger partial charge in [0.15, 0.2) is 0 Å². The summed E-state index contributed by atoms with van der Waals surface area (Å²) in [7, 11) is 0. The Hall–Kier alpha value is -1.45. The summed E-state index contributed by atoms with van der Waals surface area (Å²) in [6, 6.07) is 10.4. The number of aromatic nitrogens is 1. The Morgan fingerprint density at radius 3 is 2.78 bits per heavy atom. The summed E-state index contributed by atoms with van der Waals surface area (Å²) in [5.74, 6) is 0. The van der Waals surface area contributed by atoms with E-state index in [1.165, 1.54) is 0 Å². The van der Waals surface area contributed by atoms with E-state index in [-0.39, 0.29) is 12.6 Å². The highest BCUT2D eigenvalue weighted by molar-refractivity contribution is 5.82. The Bertz CT molecular complexity index is 507. The van der Waals surface area contributed by atoms with Gasteiger partial charge in [-0.2, -0.15) is 0 Å². The third-order valence-corrected chi connectivity index (χ3v) is 3.32. The van der Waals surface area contributed by atoms with E-state index in [1.54, 1.807) is 6.20 Å². The highest BCUT2D eigenvalue weighted by Crippen LogP contribution is 2.22. The molecule has 0 aliphatic rings. The predicted octanol–water partition coefficient (Wildman–Crippen LogP) is 2.66. The van der Waals surface area contributed by atoms with Crippen LogP contribution in [-0.2, 0) is 0 Å². The van der Waals surface area contributed by atoms with Crippen molar-refractivity contribution in [3.63, 3.8) is 0 Å². The number of aliphatic hydroxyl groups is 1. The molecule has 0 aliphatic heterocycles. The Balaban J connectivity index is 2.38. The second-order valence-corrected chi connectivity index (χ2v) is 4.63. The minimum absolute atomic E-state index is 0.0569. The van der Waals surface area contributed by atoms with E-state index in [0.717, 1.165) is 22.9 Å². The normalized spacial score (nSPS) is 14.6. The molecule has 18 heavy (non-hydrogen) atoms.